The van der Waals surface area contributed by atoms with E-state index in [2.05, 4.69) is 40.3 Å². The second kappa shape index (κ2) is 5.89. The molecule has 0 heterocycles. The first-order valence-electron chi connectivity index (χ1n) is 6.13. The second-order valence-electron chi connectivity index (χ2n) is 6.18. The zero-order valence-electron chi connectivity index (χ0n) is 11.2. The van der Waals surface area contributed by atoms with Crippen molar-refractivity contribution in [3.63, 3.8) is 0 Å². The second-order valence-corrected chi connectivity index (χ2v) is 11.3. The predicted molar refractivity (Wildman–Crippen MR) is 79.8 cm³/mol. The molecule has 0 aromatic heterocycles. The van der Waals surface area contributed by atoms with Crippen LogP contribution in [0.2, 0.25) is 0 Å². The Labute approximate surface area is 115 Å². The molecule has 1 fully saturated rings. The molecule has 0 amide bonds. The summed E-state index contributed by atoms with van der Waals surface area (Å²) in [5.74, 6) is 1.16. The van der Waals surface area contributed by atoms with E-state index in [0.29, 0.717) is 11.8 Å². The lowest BCUT2D eigenvalue weighted by Gasteiger charge is -2.34. The van der Waals surface area contributed by atoms with E-state index in [0.717, 1.165) is 11.0 Å². The van der Waals surface area contributed by atoms with Crippen molar-refractivity contribution in [1.29, 1.82) is 0 Å². The molecule has 6 heteroatoms. The summed E-state index contributed by atoms with van der Waals surface area (Å²) in [5, 5.41) is 0. The van der Waals surface area contributed by atoms with Crippen molar-refractivity contribution in [3.8, 4) is 0 Å². The van der Waals surface area contributed by atoms with Gasteiger partial charge in [0.2, 0.25) is 5.69 Å². The van der Waals surface area contributed by atoms with Gasteiger partial charge in [0.25, 0.3) is 0 Å². The van der Waals surface area contributed by atoms with Crippen LogP contribution >= 0.6 is 17.9 Å². The maximum absolute atomic E-state index is 9.69. The Morgan fingerprint density at radius 1 is 1.47 bits per heavy atom. The highest BCUT2D eigenvalue weighted by Gasteiger charge is 2.36. The van der Waals surface area contributed by atoms with Crippen molar-refractivity contribution >= 4 is 29.7 Å². The standard InChI is InChI=1S/C11H24NO2PS2/c1-9-6-5-7-10(9)11(8-12(2,3)4)14-15(13,16)17/h9-11H,5-8H2,1-4H3,(H-,13,16,17)/p+1/t9-,10-,11?/m1/s1. The molecule has 1 aliphatic rings. The van der Waals surface area contributed by atoms with Crippen molar-refractivity contribution in [2.75, 3.05) is 27.7 Å². The summed E-state index contributed by atoms with van der Waals surface area (Å²) in [5.41, 5.74) is -2.87. The van der Waals surface area contributed by atoms with E-state index in [1.807, 2.05) is 0 Å². The lowest BCUT2D eigenvalue weighted by molar-refractivity contribution is -0.873. The van der Waals surface area contributed by atoms with E-state index in [9.17, 15) is 4.89 Å². The molecular formula is C11H25NO2PS2+. The van der Waals surface area contributed by atoms with Gasteiger partial charge in [0, 0.05) is 0 Å². The van der Waals surface area contributed by atoms with Crippen LogP contribution in [0.5, 0.6) is 0 Å². The SMILES string of the molecule is C[C@@H]1CCC[C@H]1C(C[N+](C)(C)C)OP(O)(=S)S. The van der Waals surface area contributed by atoms with Gasteiger partial charge in [-0.2, -0.15) is 0 Å². The van der Waals surface area contributed by atoms with Gasteiger partial charge in [-0.15, -0.1) is 0 Å². The van der Waals surface area contributed by atoms with E-state index in [4.69, 9.17) is 16.3 Å². The third kappa shape index (κ3) is 6.04. The maximum Gasteiger partial charge on any atom is 0.242 e. The smallest absolute Gasteiger partial charge is 0.242 e. The largest absolute Gasteiger partial charge is 0.338 e. The predicted octanol–water partition coefficient (Wildman–Crippen LogP) is 2.66. The highest BCUT2D eigenvalue weighted by Crippen LogP contribution is 2.51. The average Bonchev–Trinajstić information content (AvgIpc) is 2.44. The molecule has 0 aromatic carbocycles. The van der Waals surface area contributed by atoms with Crippen molar-refractivity contribution in [1.82, 2.24) is 0 Å². The average molecular weight is 298 g/mol. The van der Waals surface area contributed by atoms with Crippen LogP contribution in [0.4, 0.5) is 0 Å². The fourth-order valence-electron chi connectivity index (χ4n) is 2.69. The van der Waals surface area contributed by atoms with Crippen LogP contribution in [-0.4, -0.2) is 43.2 Å². The molecule has 1 aliphatic carbocycles. The zero-order chi connectivity index (χ0) is 13.3. The third-order valence-electron chi connectivity index (χ3n) is 3.41. The molecule has 0 spiro atoms. The van der Waals surface area contributed by atoms with Gasteiger partial charge in [-0.3, -0.25) is 0 Å². The van der Waals surface area contributed by atoms with Crippen molar-refractivity contribution in [3.05, 3.63) is 0 Å². The highest BCUT2D eigenvalue weighted by molar-refractivity contribution is 8.59. The molecule has 102 valence electrons. The lowest BCUT2D eigenvalue weighted by Crippen LogP contribution is -2.45. The van der Waals surface area contributed by atoms with Crippen LogP contribution in [0.25, 0.3) is 0 Å². The molecule has 17 heavy (non-hydrogen) atoms. The molecular weight excluding hydrogens is 273 g/mol. The Morgan fingerprint density at radius 3 is 2.41 bits per heavy atom. The fourth-order valence-corrected chi connectivity index (χ4v) is 3.96. The molecule has 2 unspecified atom stereocenters. The van der Waals surface area contributed by atoms with Gasteiger partial charge < -0.3 is 13.9 Å². The number of hydrogen-bond donors (Lipinski definition) is 2. The molecule has 1 saturated carbocycles. The van der Waals surface area contributed by atoms with Crippen molar-refractivity contribution < 1.29 is 13.9 Å². The third-order valence-corrected chi connectivity index (χ3v) is 4.49. The van der Waals surface area contributed by atoms with Gasteiger partial charge in [0.05, 0.1) is 21.1 Å². The lowest BCUT2D eigenvalue weighted by atomic mass is 9.92. The number of quaternary nitrogens is 1. The minimum absolute atomic E-state index is 0.0285. The minimum atomic E-state index is -2.87. The Morgan fingerprint density at radius 2 is 2.06 bits per heavy atom. The molecule has 0 bridgehead atoms. The summed E-state index contributed by atoms with van der Waals surface area (Å²) in [7, 11) is 6.40. The van der Waals surface area contributed by atoms with E-state index in [1.54, 1.807) is 0 Å². The van der Waals surface area contributed by atoms with Crippen molar-refractivity contribution in [2.45, 2.75) is 32.3 Å². The normalized spacial score (nSPS) is 31.2. The first kappa shape index (κ1) is 15.9. The Hall–Kier alpha value is 0.880. The van der Waals surface area contributed by atoms with Crippen LogP contribution in [0.1, 0.15) is 26.2 Å². The van der Waals surface area contributed by atoms with E-state index >= 15 is 0 Å². The van der Waals surface area contributed by atoms with Crippen LogP contribution in [-0.2, 0) is 16.3 Å². The topological polar surface area (TPSA) is 29.5 Å². The first-order chi connectivity index (χ1) is 7.58. The minimum Gasteiger partial charge on any atom is -0.338 e. The van der Waals surface area contributed by atoms with E-state index in [1.165, 1.54) is 19.3 Å². The number of rotatable bonds is 5. The zero-order valence-corrected chi connectivity index (χ0v) is 13.8. The molecule has 0 aromatic rings. The van der Waals surface area contributed by atoms with Crippen molar-refractivity contribution in [2.24, 2.45) is 11.8 Å². The highest BCUT2D eigenvalue weighted by atomic mass is 32.9. The summed E-state index contributed by atoms with van der Waals surface area (Å²) < 4.78 is 6.51. The first-order valence-corrected chi connectivity index (χ1v) is 9.95. The summed E-state index contributed by atoms with van der Waals surface area (Å²) in [6.45, 7) is 3.14. The van der Waals surface area contributed by atoms with Crippen LogP contribution < -0.4 is 0 Å². The van der Waals surface area contributed by atoms with E-state index < -0.39 is 5.69 Å². The summed E-state index contributed by atoms with van der Waals surface area (Å²) >= 11 is 8.94. The molecule has 0 aliphatic heterocycles. The molecule has 0 saturated heterocycles. The Bertz CT molecular complexity index is 300. The number of nitrogens with zero attached hydrogens (tertiary/aromatic N) is 1. The van der Waals surface area contributed by atoms with Crippen LogP contribution in [0.3, 0.4) is 0 Å². The monoisotopic (exact) mass is 298 g/mol. The Balaban J connectivity index is 2.75. The summed E-state index contributed by atoms with van der Waals surface area (Å²) in [6.07, 6.45) is 3.71. The van der Waals surface area contributed by atoms with Crippen LogP contribution in [0, 0.1) is 11.8 Å². The number of likely N-dealkylation sites (N-methyl/N-ethyl adjacent to an activating group) is 1. The van der Waals surface area contributed by atoms with Gasteiger partial charge in [0.1, 0.15) is 12.6 Å². The number of hydrogen-bond acceptors (Lipinski definition) is 2. The van der Waals surface area contributed by atoms with Crippen LogP contribution in [0.15, 0.2) is 0 Å². The fraction of sp³-hybridized carbons (Fsp3) is 1.00. The molecule has 1 rings (SSSR count). The van der Waals surface area contributed by atoms with Gasteiger partial charge >= 0.3 is 0 Å². The molecule has 0 radical (unpaired) electrons. The van der Waals surface area contributed by atoms with Gasteiger partial charge in [-0.25, -0.2) is 0 Å². The van der Waals surface area contributed by atoms with Gasteiger partial charge in [-0.1, -0.05) is 32.0 Å². The van der Waals surface area contributed by atoms with E-state index in [-0.39, 0.29) is 6.10 Å². The quantitative estimate of drug-likeness (QED) is 0.464. The van der Waals surface area contributed by atoms with Gasteiger partial charge in [-0.05, 0) is 30.1 Å². The maximum atomic E-state index is 9.69. The summed E-state index contributed by atoms with van der Waals surface area (Å²) in [4.78, 5) is 9.69. The molecule has 3 nitrogen and oxygen atoms in total. The molecule has 4 atom stereocenters. The Kier molecular flexibility index (Phi) is 5.52. The summed E-state index contributed by atoms with van der Waals surface area (Å²) in [6, 6.07) is 0. The molecule has 1 N–H and O–H groups in total. The van der Waals surface area contributed by atoms with Gasteiger partial charge in [0.15, 0.2) is 0 Å². The number of thiol groups is 1.